The zero-order valence-corrected chi connectivity index (χ0v) is 32.3. The highest BCUT2D eigenvalue weighted by Gasteiger charge is 2.18. The average Bonchev–Trinajstić information content (AvgIpc) is 3.81. The number of hydrogen-bond acceptors (Lipinski definition) is 1. The number of hydrogen-bond donors (Lipinski definition) is 0. The molecule has 0 aliphatic carbocycles. The molecule has 0 amide bonds. The van der Waals surface area contributed by atoms with E-state index in [0.29, 0.717) is 0 Å². The zero-order valence-electron chi connectivity index (χ0n) is 32.3. The highest BCUT2D eigenvalue weighted by atomic mass is 15.1. The molecule has 0 unspecified atom stereocenters. The molecule has 3 heteroatoms. The largest absolute Gasteiger partial charge is 0.311 e. The van der Waals surface area contributed by atoms with Gasteiger partial charge in [0, 0.05) is 49.9 Å². The SMILES string of the molecule is C=C/C=C\C(=C/C)N(c1ccc(-c2cccc(-n3c4ccccc4c4ccccc43)c2)cc1)c1ccc(-c2ccccc2-n2c3ccccc3c3ccccc32)cc1. The van der Waals surface area contributed by atoms with Crippen LogP contribution in [-0.2, 0) is 0 Å². The van der Waals surface area contributed by atoms with Crippen LogP contribution in [-0.4, -0.2) is 9.13 Å². The van der Waals surface area contributed by atoms with Gasteiger partial charge in [-0.05, 0) is 96.4 Å². The lowest BCUT2D eigenvalue weighted by atomic mass is 10.0. The summed E-state index contributed by atoms with van der Waals surface area (Å²) in [6.07, 6.45) is 8.08. The number of para-hydroxylation sites is 5. The molecule has 58 heavy (non-hydrogen) atoms. The van der Waals surface area contributed by atoms with Crippen molar-refractivity contribution in [2.24, 2.45) is 0 Å². The Morgan fingerprint density at radius 3 is 1.48 bits per heavy atom. The van der Waals surface area contributed by atoms with Crippen LogP contribution < -0.4 is 4.90 Å². The van der Waals surface area contributed by atoms with Crippen LogP contribution in [0.4, 0.5) is 11.4 Å². The number of allylic oxidation sites excluding steroid dienone is 4. The van der Waals surface area contributed by atoms with Gasteiger partial charge in [0.2, 0.25) is 0 Å². The van der Waals surface area contributed by atoms with Gasteiger partial charge in [-0.1, -0.05) is 152 Å². The lowest BCUT2D eigenvalue weighted by molar-refractivity contribution is 1.18. The minimum atomic E-state index is 1.06. The fraction of sp³-hybridized carbons (Fsp3) is 0.0182. The van der Waals surface area contributed by atoms with Gasteiger partial charge in [-0.15, -0.1) is 0 Å². The van der Waals surface area contributed by atoms with E-state index < -0.39 is 0 Å². The third-order valence-corrected chi connectivity index (χ3v) is 11.3. The minimum Gasteiger partial charge on any atom is -0.311 e. The molecule has 0 aliphatic rings. The molecule has 10 aromatic rings. The van der Waals surface area contributed by atoms with Crippen LogP contribution in [0.5, 0.6) is 0 Å². The van der Waals surface area contributed by atoms with Crippen LogP contribution in [0.15, 0.2) is 231 Å². The van der Waals surface area contributed by atoms with Gasteiger partial charge in [-0.25, -0.2) is 0 Å². The Labute approximate surface area is 339 Å². The van der Waals surface area contributed by atoms with Gasteiger partial charge in [0.15, 0.2) is 0 Å². The number of fused-ring (bicyclic) bond motifs is 6. The molecular weight excluding hydrogens is 703 g/mol. The number of nitrogens with zero attached hydrogens (tertiary/aromatic N) is 3. The molecule has 0 fully saturated rings. The second-order valence-electron chi connectivity index (χ2n) is 14.5. The molecule has 276 valence electrons. The fourth-order valence-electron chi connectivity index (χ4n) is 8.63. The van der Waals surface area contributed by atoms with E-state index in [1.54, 1.807) is 0 Å². The first-order chi connectivity index (χ1) is 28.7. The van der Waals surface area contributed by atoms with Gasteiger partial charge in [0.05, 0.1) is 27.8 Å². The Hall–Kier alpha value is -7.62. The number of benzene rings is 8. The summed E-state index contributed by atoms with van der Waals surface area (Å²) in [5.74, 6) is 0. The summed E-state index contributed by atoms with van der Waals surface area (Å²) < 4.78 is 4.78. The molecule has 0 spiro atoms. The quantitative estimate of drug-likeness (QED) is 0.134. The van der Waals surface area contributed by atoms with Crippen molar-refractivity contribution in [2.45, 2.75) is 6.92 Å². The van der Waals surface area contributed by atoms with Crippen molar-refractivity contribution in [3.05, 3.63) is 231 Å². The summed E-state index contributed by atoms with van der Waals surface area (Å²) in [7, 11) is 0. The van der Waals surface area contributed by atoms with Gasteiger partial charge in [0.25, 0.3) is 0 Å². The molecule has 0 aliphatic heterocycles. The van der Waals surface area contributed by atoms with Crippen molar-refractivity contribution in [1.82, 2.24) is 9.13 Å². The first-order valence-corrected chi connectivity index (χ1v) is 19.8. The minimum absolute atomic E-state index is 1.06. The first kappa shape index (κ1) is 34.8. The zero-order chi connectivity index (χ0) is 39.0. The summed E-state index contributed by atoms with van der Waals surface area (Å²) in [5.41, 5.74) is 15.0. The summed E-state index contributed by atoms with van der Waals surface area (Å²) >= 11 is 0. The lowest BCUT2D eigenvalue weighted by Gasteiger charge is -2.27. The highest BCUT2D eigenvalue weighted by Crippen LogP contribution is 2.39. The molecule has 8 aromatic carbocycles. The van der Waals surface area contributed by atoms with Crippen molar-refractivity contribution in [3.8, 4) is 33.6 Å². The normalized spacial score (nSPS) is 12.0. The van der Waals surface area contributed by atoms with Crippen LogP contribution in [0, 0.1) is 0 Å². The molecule has 0 bridgehead atoms. The van der Waals surface area contributed by atoms with Gasteiger partial charge in [-0.2, -0.15) is 0 Å². The van der Waals surface area contributed by atoms with Crippen LogP contribution in [0.2, 0.25) is 0 Å². The van der Waals surface area contributed by atoms with Crippen LogP contribution in [0.1, 0.15) is 6.92 Å². The van der Waals surface area contributed by atoms with E-state index in [9.17, 15) is 0 Å². The van der Waals surface area contributed by atoms with E-state index in [-0.39, 0.29) is 0 Å². The van der Waals surface area contributed by atoms with E-state index in [1.165, 1.54) is 54.7 Å². The third-order valence-electron chi connectivity index (χ3n) is 11.3. The number of rotatable bonds is 9. The van der Waals surface area contributed by atoms with Gasteiger partial charge >= 0.3 is 0 Å². The molecular formula is C55H41N3. The van der Waals surface area contributed by atoms with Crippen LogP contribution in [0.3, 0.4) is 0 Å². The Kier molecular flexibility index (Phi) is 8.89. The summed E-state index contributed by atoms with van der Waals surface area (Å²) in [5, 5.41) is 5.04. The molecule has 10 rings (SSSR count). The van der Waals surface area contributed by atoms with Gasteiger partial charge < -0.3 is 14.0 Å². The maximum Gasteiger partial charge on any atom is 0.0541 e. The van der Waals surface area contributed by atoms with E-state index in [1.807, 2.05) is 12.2 Å². The number of anilines is 2. The van der Waals surface area contributed by atoms with Gasteiger partial charge in [-0.3, -0.25) is 0 Å². The third kappa shape index (κ3) is 5.93. The maximum absolute atomic E-state index is 3.95. The van der Waals surface area contributed by atoms with Crippen LogP contribution >= 0.6 is 0 Å². The Bertz CT molecular complexity index is 3080. The monoisotopic (exact) mass is 743 g/mol. The summed E-state index contributed by atoms with van der Waals surface area (Å²) in [6, 6.07) is 70.1. The first-order valence-electron chi connectivity index (χ1n) is 19.8. The molecule has 0 atom stereocenters. The predicted octanol–water partition coefficient (Wildman–Crippen LogP) is 15.0. The number of aromatic nitrogens is 2. The molecule has 0 saturated carbocycles. The van der Waals surface area contributed by atoms with Crippen molar-refractivity contribution in [1.29, 1.82) is 0 Å². The second kappa shape index (κ2) is 14.8. The fourth-order valence-corrected chi connectivity index (χ4v) is 8.63. The molecule has 0 N–H and O–H groups in total. The standard InChI is InChI=1S/C55H41N3/c1-3-5-18-42(4-2)56(43-34-30-39(31-35-43)41-17-16-19-45(38-41)57-52-26-12-7-21-47(52)48-22-8-13-27-53(48)57)44-36-32-40(33-37-44)46-20-6-11-25-51(46)58-54-28-14-9-23-49(54)50-24-10-15-29-55(50)58/h3-38H,1H2,2H3/b18-5-,42-4+. The smallest absolute Gasteiger partial charge is 0.0541 e. The van der Waals surface area contributed by atoms with Crippen LogP contribution in [0.25, 0.3) is 77.2 Å². The van der Waals surface area contributed by atoms with Crippen molar-refractivity contribution in [2.75, 3.05) is 4.90 Å². The highest BCUT2D eigenvalue weighted by molar-refractivity contribution is 6.10. The van der Waals surface area contributed by atoms with Crippen molar-refractivity contribution >= 4 is 55.0 Å². The maximum atomic E-state index is 3.95. The summed E-state index contributed by atoms with van der Waals surface area (Å²) in [6.45, 7) is 6.04. The van der Waals surface area contributed by atoms with E-state index in [4.69, 9.17) is 0 Å². The average molecular weight is 744 g/mol. The van der Waals surface area contributed by atoms with Gasteiger partial charge in [0.1, 0.15) is 0 Å². The molecule has 3 nitrogen and oxygen atoms in total. The Balaban J connectivity index is 1.02. The topological polar surface area (TPSA) is 13.1 Å². The van der Waals surface area contributed by atoms with E-state index in [0.717, 1.165) is 39.6 Å². The predicted molar refractivity (Wildman–Crippen MR) is 248 cm³/mol. The summed E-state index contributed by atoms with van der Waals surface area (Å²) in [4.78, 5) is 2.31. The Morgan fingerprint density at radius 1 is 0.466 bits per heavy atom. The molecule has 2 aromatic heterocycles. The Morgan fingerprint density at radius 2 is 0.948 bits per heavy atom. The van der Waals surface area contributed by atoms with Crippen molar-refractivity contribution < 1.29 is 0 Å². The molecule has 0 radical (unpaired) electrons. The second-order valence-corrected chi connectivity index (χ2v) is 14.5. The van der Waals surface area contributed by atoms with Crippen molar-refractivity contribution in [3.63, 3.8) is 0 Å². The van der Waals surface area contributed by atoms with E-state index in [2.05, 4.69) is 234 Å². The molecule has 2 heterocycles. The van der Waals surface area contributed by atoms with E-state index >= 15 is 0 Å². The molecule has 0 saturated heterocycles. The lowest BCUT2D eigenvalue weighted by Crippen LogP contribution is -2.15.